The molecule has 1 fully saturated rings. The lowest BCUT2D eigenvalue weighted by atomic mass is 10.1. The van der Waals surface area contributed by atoms with Crippen molar-refractivity contribution in [2.45, 2.75) is 25.3 Å². The van der Waals surface area contributed by atoms with Crippen molar-refractivity contribution in [3.05, 3.63) is 0 Å². The largest absolute Gasteiger partial charge is 0.396 e. The summed E-state index contributed by atoms with van der Waals surface area (Å²) in [5, 5.41) is 13.1. The molecule has 0 aliphatic heterocycles. The van der Waals surface area contributed by atoms with E-state index < -0.39 is 0 Å². The fourth-order valence-corrected chi connectivity index (χ4v) is 2.46. The van der Waals surface area contributed by atoms with Crippen LogP contribution >= 0.6 is 11.5 Å². The average Bonchev–Trinajstić information content (AvgIpc) is 2.76. The molecule has 4 N–H and O–H groups in total. The van der Waals surface area contributed by atoms with E-state index in [1.165, 1.54) is 11.5 Å². The van der Waals surface area contributed by atoms with Gasteiger partial charge in [0, 0.05) is 30.1 Å². The van der Waals surface area contributed by atoms with Gasteiger partial charge in [0.1, 0.15) is 0 Å². The lowest BCUT2D eigenvalue weighted by molar-refractivity contribution is 0.222. The third-order valence-corrected chi connectivity index (χ3v) is 3.30. The van der Waals surface area contributed by atoms with Crippen molar-refractivity contribution in [2.24, 2.45) is 5.92 Å². The number of nitrogens with two attached hydrogens (primary N) is 1. The first-order valence-electron chi connectivity index (χ1n) is 4.76. The zero-order chi connectivity index (χ0) is 9.97. The summed E-state index contributed by atoms with van der Waals surface area (Å²) in [6, 6.07) is 0.326. The summed E-state index contributed by atoms with van der Waals surface area (Å²) in [6.45, 7) is 0.242. The van der Waals surface area contributed by atoms with Crippen molar-refractivity contribution in [3.63, 3.8) is 0 Å². The van der Waals surface area contributed by atoms with Crippen LogP contribution in [0.2, 0.25) is 0 Å². The van der Waals surface area contributed by atoms with Crippen molar-refractivity contribution in [1.82, 2.24) is 9.36 Å². The van der Waals surface area contributed by atoms with Crippen LogP contribution in [0, 0.1) is 5.92 Å². The predicted octanol–water partition coefficient (Wildman–Crippen LogP) is 0.693. The second-order valence-electron chi connectivity index (χ2n) is 3.58. The number of nitrogens with one attached hydrogen (secondary N) is 1. The van der Waals surface area contributed by atoms with Gasteiger partial charge in [-0.2, -0.15) is 9.36 Å². The molecular formula is C8H14N4OS. The van der Waals surface area contributed by atoms with E-state index in [2.05, 4.69) is 14.7 Å². The minimum absolute atomic E-state index is 0.242. The van der Waals surface area contributed by atoms with Crippen molar-refractivity contribution in [2.75, 3.05) is 17.7 Å². The van der Waals surface area contributed by atoms with Gasteiger partial charge in [0.05, 0.1) is 0 Å². The first-order valence-corrected chi connectivity index (χ1v) is 5.53. The normalized spacial score (nSPS) is 26.6. The molecule has 2 atom stereocenters. The standard InChI is InChI=1S/C8H14N4OS/c9-7-11-8(14-12-7)10-6-3-1-2-5(6)4-13/h5-6,13H,1-4H2,(H3,9,10,11,12). The van der Waals surface area contributed by atoms with Gasteiger partial charge < -0.3 is 16.2 Å². The summed E-state index contributed by atoms with van der Waals surface area (Å²) < 4.78 is 3.89. The van der Waals surface area contributed by atoms with Gasteiger partial charge in [-0.05, 0) is 12.8 Å². The molecule has 14 heavy (non-hydrogen) atoms. The smallest absolute Gasteiger partial charge is 0.233 e. The quantitative estimate of drug-likeness (QED) is 0.689. The molecule has 0 spiro atoms. The van der Waals surface area contributed by atoms with E-state index in [1.54, 1.807) is 0 Å². The van der Waals surface area contributed by atoms with Gasteiger partial charge in [0.15, 0.2) is 0 Å². The number of rotatable bonds is 3. The van der Waals surface area contributed by atoms with Gasteiger partial charge in [0.2, 0.25) is 11.1 Å². The Balaban J connectivity index is 1.96. The maximum absolute atomic E-state index is 9.12. The highest BCUT2D eigenvalue weighted by atomic mass is 32.1. The summed E-state index contributed by atoms with van der Waals surface area (Å²) in [5.41, 5.74) is 5.42. The van der Waals surface area contributed by atoms with Crippen LogP contribution in [0.4, 0.5) is 11.1 Å². The number of nitrogens with zero attached hydrogens (tertiary/aromatic N) is 2. The summed E-state index contributed by atoms with van der Waals surface area (Å²) in [6.07, 6.45) is 3.34. The molecule has 1 aromatic rings. The van der Waals surface area contributed by atoms with E-state index >= 15 is 0 Å². The van der Waals surface area contributed by atoms with E-state index in [0.717, 1.165) is 24.4 Å². The van der Waals surface area contributed by atoms with Crippen LogP contribution < -0.4 is 11.1 Å². The van der Waals surface area contributed by atoms with Gasteiger partial charge in [-0.15, -0.1) is 0 Å². The number of hydrogen-bond acceptors (Lipinski definition) is 6. The van der Waals surface area contributed by atoms with Crippen LogP contribution in [0.25, 0.3) is 0 Å². The highest BCUT2D eigenvalue weighted by Crippen LogP contribution is 2.28. The molecule has 2 unspecified atom stereocenters. The Kier molecular flexibility index (Phi) is 2.83. The van der Waals surface area contributed by atoms with Crippen molar-refractivity contribution in [1.29, 1.82) is 0 Å². The highest BCUT2D eigenvalue weighted by molar-refractivity contribution is 7.09. The molecule has 5 nitrogen and oxygen atoms in total. The number of aliphatic hydroxyl groups excluding tert-OH is 1. The third kappa shape index (κ3) is 1.96. The Morgan fingerprint density at radius 3 is 3.07 bits per heavy atom. The molecule has 0 amide bonds. The summed E-state index contributed by atoms with van der Waals surface area (Å²) in [5.74, 6) is 0.663. The molecule has 1 saturated carbocycles. The Hall–Kier alpha value is -0.880. The minimum atomic E-state index is 0.242. The van der Waals surface area contributed by atoms with Gasteiger partial charge in [0.25, 0.3) is 0 Å². The van der Waals surface area contributed by atoms with Crippen LogP contribution in [-0.4, -0.2) is 27.1 Å². The third-order valence-electron chi connectivity index (χ3n) is 2.64. The zero-order valence-electron chi connectivity index (χ0n) is 7.81. The van der Waals surface area contributed by atoms with Gasteiger partial charge in [-0.3, -0.25) is 0 Å². The van der Waals surface area contributed by atoms with Gasteiger partial charge in [-0.25, -0.2) is 0 Å². The Bertz CT molecular complexity index is 303. The number of aliphatic hydroxyl groups is 1. The van der Waals surface area contributed by atoms with Gasteiger partial charge >= 0.3 is 0 Å². The van der Waals surface area contributed by atoms with Crippen LogP contribution in [0.3, 0.4) is 0 Å². The van der Waals surface area contributed by atoms with Crippen molar-refractivity contribution >= 4 is 22.6 Å². The predicted molar refractivity (Wildman–Crippen MR) is 56.2 cm³/mol. The lowest BCUT2D eigenvalue weighted by Gasteiger charge is -2.17. The first-order chi connectivity index (χ1) is 6.79. The van der Waals surface area contributed by atoms with Crippen molar-refractivity contribution in [3.8, 4) is 0 Å². The summed E-state index contributed by atoms with van der Waals surface area (Å²) in [4.78, 5) is 4.04. The molecule has 0 aromatic carbocycles. The number of aromatic nitrogens is 2. The molecule has 0 saturated heterocycles. The average molecular weight is 214 g/mol. The maximum atomic E-state index is 9.12. The van der Waals surface area contributed by atoms with Crippen LogP contribution in [-0.2, 0) is 0 Å². The summed E-state index contributed by atoms with van der Waals surface area (Å²) in [7, 11) is 0. The van der Waals surface area contributed by atoms with Gasteiger partial charge in [-0.1, -0.05) is 6.42 Å². The van der Waals surface area contributed by atoms with Crippen LogP contribution in [0.5, 0.6) is 0 Å². The molecule has 1 aliphatic rings. The first kappa shape index (κ1) is 9.67. The number of hydrogen-bond donors (Lipinski definition) is 3. The number of nitrogen functional groups attached to an aromatic ring is 1. The van der Waals surface area contributed by atoms with Crippen molar-refractivity contribution < 1.29 is 5.11 Å². The fraction of sp³-hybridized carbons (Fsp3) is 0.750. The molecule has 78 valence electrons. The molecule has 2 rings (SSSR count). The van der Waals surface area contributed by atoms with E-state index in [9.17, 15) is 0 Å². The zero-order valence-corrected chi connectivity index (χ0v) is 8.63. The topological polar surface area (TPSA) is 84.1 Å². The Morgan fingerprint density at radius 2 is 2.43 bits per heavy atom. The lowest BCUT2D eigenvalue weighted by Crippen LogP contribution is -2.26. The molecule has 0 radical (unpaired) electrons. The Morgan fingerprint density at radius 1 is 1.57 bits per heavy atom. The van der Waals surface area contributed by atoms with E-state index in [-0.39, 0.29) is 6.61 Å². The molecular weight excluding hydrogens is 200 g/mol. The molecule has 1 aromatic heterocycles. The van der Waals surface area contributed by atoms with E-state index in [4.69, 9.17) is 10.8 Å². The van der Waals surface area contributed by atoms with Crippen LogP contribution in [0.15, 0.2) is 0 Å². The minimum Gasteiger partial charge on any atom is -0.396 e. The SMILES string of the molecule is Nc1nsc(NC2CCCC2CO)n1. The summed E-state index contributed by atoms with van der Waals surface area (Å²) >= 11 is 1.27. The van der Waals surface area contributed by atoms with Crippen LogP contribution in [0.1, 0.15) is 19.3 Å². The highest BCUT2D eigenvalue weighted by Gasteiger charge is 2.27. The second kappa shape index (κ2) is 4.10. The van der Waals surface area contributed by atoms with E-state index in [1.807, 2.05) is 0 Å². The molecule has 6 heteroatoms. The molecule has 1 aliphatic carbocycles. The maximum Gasteiger partial charge on any atom is 0.233 e. The second-order valence-corrected chi connectivity index (χ2v) is 4.33. The van der Waals surface area contributed by atoms with E-state index in [0.29, 0.717) is 17.9 Å². The molecule has 1 heterocycles. The monoisotopic (exact) mass is 214 g/mol. The Labute approximate surface area is 86.5 Å². The number of anilines is 2. The molecule has 0 bridgehead atoms. The fourth-order valence-electron chi connectivity index (χ4n) is 1.90.